The lowest BCUT2D eigenvalue weighted by Crippen LogP contribution is -2.26. The van der Waals surface area contributed by atoms with Gasteiger partial charge in [-0.2, -0.15) is 0 Å². The minimum Gasteiger partial charge on any atom is -0.484 e. The van der Waals surface area contributed by atoms with E-state index in [-0.39, 0.29) is 32.5 Å². The van der Waals surface area contributed by atoms with Gasteiger partial charge in [-0.05, 0) is 24.1 Å². The summed E-state index contributed by atoms with van der Waals surface area (Å²) in [7, 11) is 2.96. The van der Waals surface area contributed by atoms with Gasteiger partial charge in [-0.1, -0.05) is 0 Å². The van der Waals surface area contributed by atoms with Crippen molar-refractivity contribution in [3.63, 3.8) is 0 Å². The Morgan fingerprint density at radius 2 is 1.65 bits per heavy atom. The van der Waals surface area contributed by atoms with Crippen LogP contribution in [0, 0.1) is 0 Å². The Balaban J connectivity index is 3.13. The van der Waals surface area contributed by atoms with Crippen LogP contribution in [0.2, 0.25) is 0 Å². The van der Waals surface area contributed by atoms with Crippen molar-refractivity contribution >= 4 is 0 Å². The largest absolute Gasteiger partial charge is 0.484 e. The van der Waals surface area contributed by atoms with Gasteiger partial charge in [0, 0.05) is 20.3 Å². The maximum Gasteiger partial charge on any atom is 0.203 e. The van der Waals surface area contributed by atoms with Gasteiger partial charge in [0.25, 0.3) is 0 Å². The Morgan fingerprint density at radius 1 is 1.09 bits per heavy atom. The number of aliphatic hydroxyl groups is 1. The van der Waals surface area contributed by atoms with Crippen LogP contribution in [0.15, 0.2) is 12.1 Å². The maximum absolute atomic E-state index is 12.4. The Hall–Kier alpha value is -1.61. The number of alkyl halides is 1. The quantitative estimate of drug-likeness (QED) is 0.548. The van der Waals surface area contributed by atoms with Crippen LogP contribution in [0.5, 0.6) is 17.2 Å². The van der Waals surface area contributed by atoms with Crippen LogP contribution in [0.4, 0.5) is 4.39 Å². The van der Waals surface area contributed by atoms with E-state index in [1.807, 2.05) is 0 Å². The summed E-state index contributed by atoms with van der Waals surface area (Å²) in [6.07, 6.45) is 0.409. The van der Waals surface area contributed by atoms with Crippen LogP contribution < -0.4 is 19.9 Å². The lowest BCUT2D eigenvalue weighted by atomic mass is 10.1. The first kappa shape index (κ1) is 19.4. The van der Waals surface area contributed by atoms with E-state index in [4.69, 9.17) is 34.5 Å². The van der Waals surface area contributed by atoms with E-state index in [0.29, 0.717) is 17.9 Å². The molecule has 0 aliphatic heterocycles. The molecule has 0 aliphatic carbocycles. The van der Waals surface area contributed by atoms with Crippen LogP contribution in [-0.4, -0.2) is 58.8 Å². The number of hydrogen-bond donors (Lipinski definition) is 2. The number of benzene rings is 1. The van der Waals surface area contributed by atoms with Gasteiger partial charge in [-0.15, -0.1) is 0 Å². The average molecular weight is 333 g/mol. The first-order chi connectivity index (χ1) is 11.2. The number of halogens is 1. The fraction of sp³-hybridized carbons (Fsp3) is 0.600. The van der Waals surface area contributed by atoms with E-state index in [1.54, 1.807) is 12.1 Å². The summed E-state index contributed by atoms with van der Waals surface area (Å²) in [6.45, 7) is -0.953. The first-order valence-electron chi connectivity index (χ1n) is 7.11. The first-order valence-corrected chi connectivity index (χ1v) is 7.11. The number of aliphatic hydroxyl groups excluding tert-OH is 1. The molecule has 0 spiro atoms. The van der Waals surface area contributed by atoms with Gasteiger partial charge in [0.2, 0.25) is 5.75 Å². The number of methoxy groups -OCH3 is 2. The minimum atomic E-state index is -0.648. The molecule has 0 aliphatic rings. The van der Waals surface area contributed by atoms with Crippen LogP contribution in [0.25, 0.3) is 0 Å². The fourth-order valence-corrected chi connectivity index (χ4v) is 1.86. The third-order valence-electron chi connectivity index (χ3n) is 2.80. The predicted octanol–water partition coefficient (Wildman–Crippen LogP) is 0.862. The summed E-state index contributed by atoms with van der Waals surface area (Å²) < 4.78 is 38.5. The molecule has 1 unspecified atom stereocenters. The van der Waals surface area contributed by atoms with Gasteiger partial charge in [0.1, 0.15) is 13.3 Å². The van der Waals surface area contributed by atoms with Gasteiger partial charge < -0.3 is 34.5 Å². The third-order valence-corrected chi connectivity index (χ3v) is 2.80. The molecule has 0 bridgehead atoms. The molecule has 23 heavy (non-hydrogen) atoms. The molecule has 1 aromatic carbocycles. The molecule has 0 amide bonds. The highest BCUT2D eigenvalue weighted by atomic mass is 19.1. The molecule has 0 saturated carbocycles. The standard InChI is InChI=1S/C15H24FNO6/c1-19-9-22-13-6-11(5-12(17)8-18)7-14(23-10-20-2)15(13)21-4-3-16/h6-7,12,18H,3-5,8-10,17H2,1-2H3. The monoisotopic (exact) mass is 333 g/mol. The minimum absolute atomic E-state index is 0.00872. The molecule has 0 heterocycles. The lowest BCUT2D eigenvalue weighted by molar-refractivity contribution is 0.0408. The fourth-order valence-electron chi connectivity index (χ4n) is 1.86. The Labute approximate surface area is 135 Å². The molecular formula is C15H24FNO6. The van der Waals surface area contributed by atoms with Crippen LogP contribution in [0.1, 0.15) is 5.56 Å². The molecule has 8 heteroatoms. The SMILES string of the molecule is COCOc1cc(CC(N)CO)cc(OCOC)c1OCCF. The summed E-state index contributed by atoms with van der Waals surface area (Å²) in [6, 6.07) is 2.97. The van der Waals surface area contributed by atoms with Crippen molar-refractivity contribution in [3.8, 4) is 17.2 Å². The Kier molecular flexibility index (Phi) is 9.30. The van der Waals surface area contributed by atoms with Crippen molar-refractivity contribution in [2.24, 2.45) is 5.73 Å². The number of hydrogen-bond acceptors (Lipinski definition) is 7. The topological polar surface area (TPSA) is 92.4 Å². The van der Waals surface area contributed by atoms with Gasteiger partial charge >= 0.3 is 0 Å². The molecule has 0 fully saturated rings. The third kappa shape index (κ3) is 6.57. The number of nitrogens with two attached hydrogens (primary N) is 1. The second-order valence-corrected chi connectivity index (χ2v) is 4.71. The highest BCUT2D eigenvalue weighted by Crippen LogP contribution is 2.39. The van der Waals surface area contributed by atoms with Crippen LogP contribution in [0.3, 0.4) is 0 Å². The number of rotatable bonds is 12. The summed E-state index contributed by atoms with van der Waals surface area (Å²) in [4.78, 5) is 0. The summed E-state index contributed by atoms with van der Waals surface area (Å²) in [5.74, 6) is 0.946. The predicted molar refractivity (Wildman–Crippen MR) is 81.7 cm³/mol. The van der Waals surface area contributed by atoms with E-state index in [1.165, 1.54) is 14.2 Å². The Bertz CT molecular complexity index is 431. The van der Waals surface area contributed by atoms with E-state index in [2.05, 4.69) is 0 Å². The second-order valence-electron chi connectivity index (χ2n) is 4.71. The molecule has 1 rings (SSSR count). The van der Waals surface area contributed by atoms with E-state index in [9.17, 15) is 4.39 Å². The van der Waals surface area contributed by atoms with Crippen molar-refractivity contribution in [3.05, 3.63) is 17.7 Å². The van der Waals surface area contributed by atoms with Crippen LogP contribution >= 0.6 is 0 Å². The van der Waals surface area contributed by atoms with Gasteiger partial charge in [0.05, 0.1) is 6.61 Å². The zero-order chi connectivity index (χ0) is 17.1. The van der Waals surface area contributed by atoms with Crippen molar-refractivity contribution < 1.29 is 33.2 Å². The smallest absolute Gasteiger partial charge is 0.203 e. The lowest BCUT2D eigenvalue weighted by Gasteiger charge is -2.18. The zero-order valence-corrected chi connectivity index (χ0v) is 13.4. The normalized spacial score (nSPS) is 12.0. The van der Waals surface area contributed by atoms with Crippen molar-refractivity contribution in [2.45, 2.75) is 12.5 Å². The highest BCUT2D eigenvalue weighted by Gasteiger charge is 2.17. The van der Waals surface area contributed by atoms with E-state index >= 15 is 0 Å². The molecule has 0 saturated heterocycles. The second kappa shape index (κ2) is 11.0. The molecule has 3 N–H and O–H groups in total. The van der Waals surface area contributed by atoms with Gasteiger partial charge in [-0.3, -0.25) is 0 Å². The van der Waals surface area contributed by atoms with Gasteiger partial charge in [0.15, 0.2) is 25.1 Å². The molecule has 7 nitrogen and oxygen atoms in total. The summed E-state index contributed by atoms with van der Waals surface area (Å²) >= 11 is 0. The summed E-state index contributed by atoms with van der Waals surface area (Å²) in [5.41, 5.74) is 6.54. The van der Waals surface area contributed by atoms with Crippen molar-refractivity contribution in [1.29, 1.82) is 0 Å². The molecule has 0 radical (unpaired) electrons. The van der Waals surface area contributed by atoms with Crippen molar-refractivity contribution in [2.75, 3.05) is 47.7 Å². The molecule has 132 valence electrons. The molecule has 1 aromatic rings. The van der Waals surface area contributed by atoms with Crippen LogP contribution in [-0.2, 0) is 15.9 Å². The van der Waals surface area contributed by atoms with Gasteiger partial charge in [-0.25, -0.2) is 4.39 Å². The maximum atomic E-state index is 12.4. The van der Waals surface area contributed by atoms with Crippen molar-refractivity contribution in [1.82, 2.24) is 0 Å². The Morgan fingerprint density at radius 3 is 2.09 bits per heavy atom. The summed E-state index contributed by atoms with van der Waals surface area (Å²) in [5, 5.41) is 9.09. The molecular weight excluding hydrogens is 309 g/mol. The molecule has 0 aromatic heterocycles. The van der Waals surface area contributed by atoms with E-state index in [0.717, 1.165) is 5.56 Å². The highest BCUT2D eigenvalue weighted by molar-refractivity contribution is 5.54. The average Bonchev–Trinajstić information content (AvgIpc) is 2.56. The zero-order valence-electron chi connectivity index (χ0n) is 13.4. The van der Waals surface area contributed by atoms with E-state index < -0.39 is 12.7 Å². The molecule has 1 atom stereocenters. The number of ether oxygens (including phenoxy) is 5.